The van der Waals surface area contributed by atoms with Crippen molar-refractivity contribution >= 4 is 12.2 Å². The molecule has 1 saturated carbocycles. The highest BCUT2D eigenvalue weighted by Gasteiger charge is 2.42. The summed E-state index contributed by atoms with van der Waals surface area (Å²) in [6.45, 7) is 5.99. The van der Waals surface area contributed by atoms with Gasteiger partial charge in [-0.3, -0.25) is 0 Å². The van der Waals surface area contributed by atoms with Gasteiger partial charge >= 0.3 is 5.97 Å². The van der Waals surface area contributed by atoms with Crippen molar-refractivity contribution in [2.45, 2.75) is 38.3 Å². The molecule has 2 unspecified atom stereocenters. The molecule has 0 aromatic rings. The summed E-state index contributed by atoms with van der Waals surface area (Å²) in [5.74, 6) is 0.152. The van der Waals surface area contributed by atoms with Crippen LogP contribution in [0.25, 0.3) is 0 Å². The van der Waals surface area contributed by atoms with Crippen LogP contribution in [0.2, 0.25) is 0 Å². The van der Waals surface area contributed by atoms with Gasteiger partial charge in [-0.15, -0.1) is 0 Å². The van der Waals surface area contributed by atoms with Gasteiger partial charge in [0.1, 0.15) is 6.21 Å². The molecule has 76 valence electrons. The number of rotatable bonds is 1. The molecule has 2 aliphatic rings. The summed E-state index contributed by atoms with van der Waals surface area (Å²) >= 11 is 0. The monoisotopic (exact) mass is 193 g/mol. The van der Waals surface area contributed by atoms with Crippen LogP contribution in [0.15, 0.2) is 17.1 Å². The quantitative estimate of drug-likeness (QED) is 0.472. The average molecular weight is 193 g/mol. The normalized spacial score (nSPS) is 36.1. The van der Waals surface area contributed by atoms with Gasteiger partial charge in [0.05, 0.1) is 0 Å². The van der Waals surface area contributed by atoms with Crippen LogP contribution in [0.1, 0.15) is 32.6 Å². The zero-order chi connectivity index (χ0) is 10.2. The zero-order valence-electron chi connectivity index (χ0n) is 8.45. The highest BCUT2D eigenvalue weighted by molar-refractivity contribution is 6.24. The minimum Gasteiger partial charge on any atom is -0.433 e. The maximum absolute atomic E-state index is 11.0. The van der Waals surface area contributed by atoms with Crippen LogP contribution in [0, 0.1) is 5.92 Å². The van der Waals surface area contributed by atoms with Gasteiger partial charge < -0.3 is 4.74 Å². The van der Waals surface area contributed by atoms with Crippen LogP contribution in [-0.2, 0) is 9.53 Å². The molecule has 0 radical (unpaired) electrons. The molecule has 3 heteroatoms. The molecule has 0 N–H and O–H groups in total. The SMILES string of the molecule is C=C(C)C1CCCC2(C1)N=CC(=O)O2. The Morgan fingerprint density at radius 2 is 2.57 bits per heavy atom. The van der Waals surface area contributed by atoms with Gasteiger partial charge in [0.15, 0.2) is 0 Å². The summed E-state index contributed by atoms with van der Waals surface area (Å²) in [5.41, 5.74) is 0.626. The van der Waals surface area contributed by atoms with E-state index in [1.807, 2.05) is 6.92 Å². The first kappa shape index (κ1) is 9.44. The van der Waals surface area contributed by atoms with Crippen molar-refractivity contribution in [1.29, 1.82) is 0 Å². The molecule has 2 rings (SSSR count). The number of allylic oxidation sites excluding steroid dienone is 1. The number of hydrogen-bond donors (Lipinski definition) is 0. The molecule has 2 atom stereocenters. The second kappa shape index (κ2) is 3.23. The standard InChI is InChI=1S/C11H15NO2/c1-8(2)9-4-3-5-11(6-9)12-7-10(13)14-11/h7,9H,1,3-6H2,2H3. The van der Waals surface area contributed by atoms with E-state index >= 15 is 0 Å². The Bertz CT molecular complexity index is 308. The maximum Gasteiger partial charge on any atom is 0.351 e. The first-order valence-electron chi connectivity index (χ1n) is 5.05. The molecule has 3 nitrogen and oxygen atoms in total. The molecule has 0 amide bonds. The van der Waals surface area contributed by atoms with Crippen molar-refractivity contribution in [3.05, 3.63) is 12.2 Å². The third-order valence-electron chi connectivity index (χ3n) is 3.08. The highest BCUT2D eigenvalue weighted by atomic mass is 16.6. The number of esters is 1. The van der Waals surface area contributed by atoms with Crippen molar-refractivity contribution in [2.24, 2.45) is 10.9 Å². The molecule has 0 aromatic heterocycles. The van der Waals surface area contributed by atoms with Gasteiger partial charge in [0, 0.05) is 12.8 Å². The van der Waals surface area contributed by atoms with Crippen LogP contribution in [0.3, 0.4) is 0 Å². The minimum atomic E-state index is -0.543. The fourth-order valence-corrected chi connectivity index (χ4v) is 2.25. The van der Waals surface area contributed by atoms with Crippen LogP contribution in [0.5, 0.6) is 0 Å². The predicted molar refractivity (Wildman–Crippen MR) is 54.1 cm³/mol. The van der Waals surface area contributed by atoms with Gasteiger partial charge in [-0.05, 0) is 25.7 Å². The highest BCUT2D eigenvalue weighted by Crippen LogP contribution is 2.40. The molecule has 0 saturated heterocycles. The van der Waals surface area contributed by atoms with Crippen molar-refractivity contribution in [3.8, 4) is 0 Å². The second-order valence-electron chi connectivity index (χ2n) is 4.27. The molecule has 1 heterocycles. The molecule has 0 aromatic carbocycles. The van der Waals surface area contributed by atoms with Gasteiger partial charge in [-0.2, -0.15) is 0 Å². The van der Waals surface area contributed by atoms with E-state index in [0.29, 0.717) is 5.92 Å². The summed E-state index contributed by atoms with van der Waals surface area (Å²) in [7, 11) is 0. The van der Waals surface area contributed by atoms with Crippen molar-refractivity contribution in [2.75, 3.05) is 0 Å². The second-order valence-corrected chi connectivity index (χ2v) is 4.27. The van der Waals surface area contributed by atoms with Crippen molar-refractivity contribution in [1.82, 2.24) is 0 Å². The molecule has 1 fully saturated rings. The van der Waals surface area contributed by atoms with E-state index in [-0.39, 0.29) is 5.97 Å². The van der Waals surface area contributed by atoms with Crippen molar-refractivity contribution < 1.29 is 9.53 Å². The van der Waals surface area contributed by atoms with Crippen LogP contribution in [-0.4, -0.2) is 17.9 Å². The van der Waals surface area contributed by atoms with E-state index < -0.39 is 5.72 Å². The Labute approximate surface area is 83.9 Å². The molecule has 1 aliphatic heterocycles. The molecule has 0 bridgehead atoms. The number of ether oxygens (including phenoxy) is 1. The zero-order valence-corrected chi connectivity index (χ0v) is 8.45. The van der Waals surface area contributed by atoms with Gasteiger partial charge in [0.25, 0.3) is 0 Å². The molecule has 1 spiro atoms. The van der Waals surface area contributed by atoms with Crippen LogP contribution < -0.4 is 0 Å². The Morgan fingerprint density at radius 3 is 3.14 bits per heavy atom. The van der Waals surface area contributed by atoms with E-state index in [4.69, 9.17) is 4.74 Å². The molecule has 14 heavy (non-hydrogen) atoms. The minimum absolute atomic E-state index is 0.299. The van der Waals surface area contributed by atoms with E-state index in [1.54, 1.807) is 0 Å². The first-order valence-corrected chi connectivity index (χ1v) is 5.05. The Morgan fingerprint density at radius 1 is 1.79 bits per heavy atom. The summed E-state index contributed by atoms with van der Waals surface area (Å²) in [4.78, 5) is 15.2. The summed E-state index contributed by atoms with van der Waals surface area (Å²) in [6.07, 6.45) is 5.18. The topological polar surface area (TPSA) is 38.7 Å². The van der Waals surface area contributed by atoms with Gasteiger partial charge in [0.2, 0.25) is 5.72 Å². The lowest BCUT2D eigenvalue weighted by atomic mass is 9.80. The van der Waals surface area contributed by atoms with E-state index in [9.17, 15) is 4.79 Å². The van der Waals surface area contributed by atoms with E-state index in [0.717, 1.165) is 25.7 Å². The number of hydrogen-bond acceptors (Lipinski definition) is 3. The summed E-state index contributed by atoms with van der Waals surface area (Å²) < 4.78 is 5.27. The van der Waals surface area contributed by atoms with Crippen LogP contribution >= 0.6 is 0 Å². The third-order valence-corrected chi connectivity index (χ3v) is 3.08. The largest absolute Gasteiger partial charge is 0.433 e. The average Bonchev–Trinajstić information content (AvgIpc) is 2.47. The Hall–Kier alpha value is -1.12. The number of nitrogens with zero attached hydrogens (tertiary/aromatic N) is 1. The van der Waals surface area contributed by atoms with E-state index in [2.05, 4.69) is 11.6 Å². The number of aliphatic imine (C=N–C) groups is 1. The molecule has 1 aliphatic carbocycles. The lowest BCUT2D eigenvalue weighted by Gasteiger charge is -2.34. The summed E-state index contributed by atoms with van der Waals surface area (Å²) in [5, 5.41) is 0. The third kappa shape index (κ3) is 1.59. The first-order chi connectivity index (χ1) is 6.61. The van der Waals surface area contributed by atoms with Gasteiger partial charge in [-0.25, -0.2) is 9.79 Å². The molecular formula is C11H15NO2. The van der Waals surface area contributed by atoms with E-state index in [1.165, 1.54) is 11.8 Å². The molecular weight excluding hydrogens is 178 g/mol. The van der Waals surface area contributed by atoms with Crippen LogP contribution in [0.4, 0.5) is 0 Å². The maximum atomic E-state index is 11.0. The lowest BCUT2D eigenvalue weighted by molar-refractivity contribution is -0.149. The summed E-state index contributed by atoms with van der Waals surface area (Å²) in [6, 6.07) is 0. The Kier molecular flexibility index (Phi) is 2.17. The smallest absolute Gasteiger partial charge is 0.351 e. The fourth-order valence-electron chi connectivity index (χ4n) is 2.25. The fraction of sp³-hybridized carbons (Fsp3) is 0.636. The lowest BCUT2D eigenvalue weighted by Crippen LogP contribution is -2.34. The van der Waals surface area contributed by atoms with Crippen molar-refractivity contribution in [3.63, 3.8) is 0 Å². The number of carbonyl (C=O) groups is 1. The predicted octanol–water partition coefficient (Wildman–Crippen LogP) is 2.08. The Balaban J connectivity index is 2.11. The number of carbonyl (C=O) groups excluding carboxylic acids is 1. The van der Waals surface area contributed by atoms with Gasteiger partial charge in [-0.1, -0.05) is 12.2 Å².